The van der Waals surface area contributed by atoms with Gasteiger partial charge in [-0.15, -0.1) is 11.3 Å². The van der Waals surface area contributed by atoms with Gasteiger partial charge in [-0.2, -0.15) is 0 Å². The maximum absolute atomic E-state index is 5.93. The van der Waals surface area contributed by atoms with E-state index in [2.05, 4.69) is 15.0 Å². The van der Waals surface area contributed by atoms with Gasteiger partial charge in [-0.1, -0.05) is 11.6 Å². The molecule has 78 valence electrons. The molecule has 0 aromatic carbocycles. The van der Waals surface area contributed by atoms with E-state index in [1.165, 1.54) is 18.0 Å². The Balaban J connectivity index is 2.27. The lowest BCUT2D eigenvalue weighted by molar-refractivity contribution is 1.06. The van der Waals surface area contributed by atoms with Gasteiger partial charge in [0.1, 0.15) is 5.03 Å². The van der Waals surface area contributed by atoms with Gasteiger partial charge in [0.15, 0.2) is 4.34 Å². The molecular weight excluding hydrogens is 252 g/mol. The summed E-state index contributed by atoms with van der Waals surface area (Å²) in [6, 6.07) is 0. The zero-order valence-corrected chi connectivity index (χ0v) is 10.2. The summed E-state index contributed by atoms with van der Waals surface area (Å²) in [5, 5.41) is 3.10. The number of aromatic nitrogens is 3. The van der Waals surface area contributed by atoms with Crippen LogP contribution in [-0.2, 0) is 0 Å². The molecular formula is C8H7ClN4S2. The third kappa shape index (κ3) is 2.58. The minimum Gasteiger partial charge on any atom is -0.368 e. The van der Waals surface area contributed by atoms with Crippen molar-refractivity contribution in [2.24, 2.45) is 0 Å². The number of rotatable bonds is 2. The lowest BCUT2D eigenvalue weighted by Crippen LogP contribution is -1.95. The van der Waals surface area contributed by atoms with Crippen LogP contribution in [0.5, 0.6) is 0 Å². The molecule has 0 aliphatic rings. The SMILES string of the molecule is Cc1csc(Sc2nc(N)ncc2Cl)n1. The van der Waals surface area contributed by atoms with Gasteiger partial charge in [0, 0.05) is 11.1 Å². The molecule has 0 radical (unpaired) electrons. The fraction of sp³-hybridized carbons (Fsp3) is 0.125. The van der Waals surface area contributed by atoms with Crippen molar-refractivity contribution in [1.82, 2.24) is 15.0 Å². The van der Waals surface area contributed by atoms with Crippen molar-refractivity contribution >= 4 is 40.6 Å². The van der Waals surface area contributed by atoms with Crippen LogP contribution < -0.4 is 5.73 Å². The fourth-order valence-corrected chi connectivity index (χ4v) is 2.84. The van der Waals surface area contributed by atoms with Crippen LogP contribution in [0, 0.1) is 6.92 Å². The molecule has 2 rings (SSSR count). The van der Waals surface area contributed by atoms with Crippen molar-refractivity contribution in [2.45, 2.75) is 16.3 Å². The number of nitrogens with zero attached hydrogens (tertiary/aromatic N) is 3. The molecule has 0 bridgehead atoms. The number of hydrogen-bond acceptors (Lipinski definition) is 6. The highest BCUT2D eigenvalue weighted by atomic mass is 35.5. The van der Waals surface area contributed by atoms with Crippen LogP contribution in [0.4, 0.5) is 5.95 Å². The summed E-state index contributed by atoms with van der Waals surface area (Å²) < 4.78 is 0.896. The van der Waals surface area contributed by atoms with Crippen molar-refractivity contribution in [3.05, 3.63) is 22.3 Å². The first-order chi connectivity index (χ1) is 7.15. The second-order valence-electron chi connectivity index (χ2n) is 2.74. The Kier molecular flexibility index (Phi) is 3.08. The monoisotopic (exact) mass is 258 g/mol. The van der Waals surface area contributed by atoms with E-state index in [-0.39, 0.29) is 5.95 Å². The normalized spacial score (nSPS) is 10.5. The smallest absolute Gasteiger partial charge is 0.221 e. The largest absolute Gasteiger partial charge is 0.368 e. The molecule has 0 spiro atoms. The van der Waals surface area contributed by atoms with E-state index in [4.69, 9.17) is 17.3 Å². The zero-order chi connectivity index (χ0) is 10.8. The topological polar surface area (TPSA) is 64.7 Å². The van der Waals surface area contributed by atoms with Crippen molar-refractivity contribution in [3.63, 3.8) is 0 Å². The molecule has 0 fully saturated rings. The van der Waals surface area contributed by atoms with Crippen LogP contribution in [0.2, 0.25) is 5.02 Å². The highest BCUT2D eigenvalue weighted by Gasteiger charge is 2.08. The van der Waals surface area contributed by atoms with Gasteiger partial charge in [-0.3, -0.25) is 0 Å². The van der Waals surface area contributed by atoms with E-state index in [9.17, 15) is 0 Å². The Morgan fingerprint density at radius 3 is 2.93 bits per heavy atom. The molecule has 2 heterocycles. The van der Waals surface area contributed by atoms with Gasteiger partial charge in [-0.25, -0.2) is 15.0 Å². The number of anilines is 1. The Morgan fingerprint density at radius 2 is 2.27 bits per heavy atom. The summed E-state index contributed by atoms with van der Waals surface area (Å²) in [5.41, 5.74) is 6.46. The predicted molar refractivity (Wildman–Crippen MR) is 62.4 cm³/mol. The second kappa shape index (κ2) is 4.34. The van der Waals surface area contributed by atoms with Crippen molar-refractivity contribution in [2.75, 3.05) is 5.73 Å². The highest BCUT2D eigenvalue weighted by Crippen LogP contribution is 2.33. The van der Waals surface area contributed by atoms with E-state index >= 15 is 0 Å². The molecule has 2 aromatic heterocycles. The molecule has 0 aliphatic heterocycles. The number of nitrogens with two attached hydrogens (primary N) is 1. The zero-order valence-electron chi connectivity index (χ0n) is 7.77. The molecule has 7 heteroatoms. The Labute approximate surface area is 99.9 Å². The van der Waals surface area contributed by atoms with E-state index in [1.807, 2.05) is 12.3 Å². The third-order valence-electron chi connectivity index (χ3n) is 1.51. The summed E-state index contributed by atoms with van der Waals surface area (Å²) in [7, 11) is 0. The molecule has 0 saturated heterocycles. The van der Waals surface area contributed by atoms with Crippen LogP contribution in [-0.4, -0.2) is 15.0 Å². The van der Waals surface area contributed by atoms with E-state index < -0.39 is 0 Å². The van der Waals surface area contributed by atoms with Crippen LogP contribution in [0.15, 0.2) is 20.9 Å². The summed E-state index contributed by atoms with van der Waals surface area (Å²) in [6.07, 6.45) is 1.49. The first-order valence-corrected chi connectivity index (χ1v) is 6.10. The molecule has 4 nitrogen and oxygen atoms in total. The standard InChI is InChI=1S/C8H7ClN4S2/c1-4-3-14-8(12-4)15-6-5(9)2-11-7(10)13-6/h2-3H,1H3,(H2,10,11,13). The molecule has 0 atom stereocenters. The lowest BCUT2D eigenvalue weighted by atomic mass is 10.6. The van der Waals surface area contributed by atoms with Gasteiger partial charge in [-0.05, 0) is 18.7 Å². The number of nitrogen functional groups attached to an aromatic ring is 1. The molecule has 0 aliphatic carbocycles. The predicted octanol–water partition coefficient (Wildman–Crippen LogP) is 2.63. The average Bonchev–Trinajstić information content (AvgIpc) is 2.58. The number of aryl methyl sites for hydroxylation is 1. The quantitative estimate of drug-likeness (QED) is 0.839. The van der Waals surface area contributed by atoms with Crippen molar-refractivity contribution < 1.29 is 0 Å². The van der Waals surface area contributed by atoms with Gasteiger partial charge in [0.25, 0.3) is 0 Å². The lowest BCUT2D eigenvalue weighted by Gasteiger charge is -2.00. The summed E-state index contributed by atoms with van der Waals surface area (Å²) >= 11 is 8.87. The minimum absolute atomic E-state index is 0.218. The van der Waals surface area contributed by atoms with Gasteiger partial charge < -0.3 is 5.73 Å². The molecule has 0 unspecified atom stereocenters. The van der Waals surface area contributed by atoms with Crippen LogP contribution in [0.3, 0.4) is 0 Å². The molecule has 0 saturated carbocycles. The van der Waals surface area contributed by atoms with Crippen molar-refractivity contribution in [1.29, 1.82) is 0 Å². The number of halogens is 1. The maximum atomic E-state index is 5.93. The maximum Gasteiger partial charge on any atom is 0.221 e. The van der Waals surface area contributed by atoms with E-state index in [1.54, 1.807) is 11.3 Å². The van der Waals surface area contributed by atoms with Gasteiger partial charge in [0.05, 0.1) is 11.2 Å². The van der Waals surface area contributed by atoms with Gasteiger partial charge >= 0.3 is 0 Å². The Morgan fingerprint density at radius 1 is 1.47 bits per heavy atom. The Hall–Kier alpha value is -0.850. The molecule has 2 aromatic rings. The number of thiazole rings is 1. The van der Waals surface area contributed by atoms with Crippen LogP contribution in [0.1, 0.15) is 5.69 Å². The summed E-state index contributed by atoms with van der Waals surface area (Å²) in [5.74, 6) is 0.218. The first kappa shape index (κ1) is 10.7. The average molecular weight is 259 g/mol. The van der Waals surface area contributed by atoms with Crippen molar-refractivity contribution in [3.8, 4) is 0 Å². The minimum atomic E-state index is 0.218. The second-order valence-corrected chi connectivity index (χ2v) is 5.24. The molecule has 0 amide bonds. The van der Waals surface area contributed by atoms with Crippen LogP contribution in [0.25, 0.3) is 0 Å². The number of hydrogen-bond donors (Lipinski definition) is 1. The Bertz CT molecular complexity index is 485. The molecule has 15 heavy (non-hydrogen) atoms. The van der Waals surface area contributed by atoms with Crippen LogP contribution >= 0.6 is 34.7 Å². The van der Waals surface area contributed by atoms with Gasteiger partial charge in [0.2, 0.25) is 5.95 Å². The summed E-state index contributed by atoms with van der Waals surface area (Å²) in [4.78, 5) is 12.1. The third-order valence-corrected chi connectivity index (χ3v) is 3.96. The fourth-order valence-electron chi connectivity index (χ4n) is 0.898. The van der Waals surface area contributed by atoms with E-state index in [0.717, 1.165) is 10.0 Å². The van der Waals surface area contributed by atoms with E-state index in [0.29, 0.717) is 10.0 Å². The highest BCUT2D eigenvalue weighted by molar-refractivity contribution is 8.01. The molecule has 2 N–H and O–H groups in total. The summed E-state index contributed by atoms with van der Waals surface area (Å²) in [6.45, 7) is 1.94. The first-order valence-electron chi connectivity index (χ1n) is 4.03.